The third-order valence-corrected chi connectivity index (χ3v) is 7.24. The Morgan fingerprint density at radius 1 is 1.20 bits per heavy atom. The molecule has 11 nitrogen and oxygen atoms in total. The number of hydrogen-bond donors (Lipinski definition) is 1. The Morgan fingerprint density at radius 2 is 1.91 bits per heavy atom. The van der Waals surface area contributed by atoms with Crippen molar-refractivity contribution in [1.82, 2.24) is 19.9 Å². The summed E-state index contributed by atoms with van der Waals surface area (Å²) >= 11 is 0. The third-order valence-electron chi connectivity index (χ3n) is 6.30. The number of nitro benzene ring substituents is 1. The summed E-state index contributed by atoms with van der Waals surface area (Å²) < 4.78 is 45.1. The Morgan fingerprint density at radius 3 is 2.57 bits per heavy atom. The first kappa shape index (κ1) is 23.1. The normalized spacial score (nSPS) is 18.2. The highest BCUT2D eigenvalue weighted by molar-refractivity contribution is 7.89. The Bertz CT molecular complexity index is 1570. The number of hydrogen-bond acceptors (Lipinski definition) is 8. The van der Waals surface area contributed by atoms with E-state index in [-0.39, 0.29) is 29.2 Å². The minimum absolute atomic E-state index is 0.0446. The fourth-order valence-electron chi connectivity index (χ4n) is 4.57. The number of aromatic nitrogens is 4. The molecule has 2 heterocycles. The van der Waals surface area contributed by atoms with Gasteiger partial charge in [0.15, 0.2) is 4.90 Å². The number of fused-ring (bicyclic) bond motifs is 1. The van der Waals surface area contributed by atoms with E-state index in [1.165, 1.54) is 22.9 Å². The van der Waals surface area contributed by atoms with Crippen LogP contribution in [0.25, 0.3) is 16.9 Å². The van der Waals surface area contributed by atoms with Crippen molar-refractivity contribution in [3.8, 4) is 5.95 Å². The molecule has 4 aromatic rings. The lowest BCUT2D eigenvalue weighted by Crippen LogP contribution is -2.23. The number of nitrogens with two attached hydrogens (primary N) is 1. The summed E-state index contributed by atoms with van der Waals surface area (Å²) in [5.74, 6) is -0.509. The lowest BCUT2D eigenvalue weighted by atomic mass is 9.71. The molecule has 0 unspecified atom stereocenters. The van der Waals surface area contributed by atoms with E-state index >= 15 is 0 Å². The number of primary sulfonamides is 1. The lowest BCUT2D eigenvalue weighted by molar-refractivity contribution is -0.388. The number of para-hydroxylation sites is 2. The minimum Gasteiger partial charge on any atom is -0.337 e. The van der Waals surface area contributed by atoms with Crippen molar-refractivity contribution >= 4 is 26.6 Å². The Kier molecular flexibility index (Phi) is 5.40. The van der Waals surface area contributed by atoms with Gasteiger partial charge in [-0.25, -0.2) is 17.9 Å². The molecule has 35 heavy (non-hydrogen) atoms. The Labute approximate surface area is 198 Å². The van der Waals surface area contributed by atoms with Crippen molar-refractivity contribution in [1.29, 1.82) is 0 Å². The molecule has 2 aromatic carbocycles. The third kappa shape index (κ3) is 3.86. The molecule has 0 radical (unpaired) electrons. The van der Waals surface area contributed by atoms with E-state index in [1.54, 1.807) is 12.1 Å². The average Bonchev–Trinajstić information content (AvgIpc) is 3.37. The molecule has 0 amide bonds. The first-order chi connectivity index (χ1) is 16.6. The standard InChI is InChI=1S/C22H21FN6O5S/c1-11(2)18-15-6-3-7-16(23)19(15)28(26-18)22-25-21(34-27-22)13-9-12(10-13)14-5-4-8-17(35(24,32)33)20(14)29(30)31/h3-8,11-13H,9-10H2,1-2H3,(H2,24,32,33). The van der Waals surface area contributed by atoms with Gasteiger partial charge < -0.3 is 4.52 Å². The predicted molar refractivity (Wildman–Crippen MR) is 122 cm³/mol. The summed E-state index contributed by atoms with van der Waals surface area (Å²) in [4.78, 5) is 14.8. The summed E-state index contributed by atoms with van der Waals surface area (Å²) in [6.45, 7) is 3.91. The predicted octanol–water partition coefficient (Wildman–Crippen LogP) is 3.89. The molecule has 0 saturated heterocycles. The van der Waals surface area contributed by atoms with E-state index < -0.39 is 31.3 Å². The molecule has 5 rings (SSSR count). The molecule has 2 N–H and O–H groups in total. The van der Waals surface area contributed by atoms with Crippen LogP contribution in [0, 0.1) is 15.9 Å². The molecule has 1 aliphatic rings. The van der Waals surface area contributed by atoms with Crippen molar-refractivity contribution in [3.63, 3.8) is 0 Å². The zero-order valence-corrected chi connectivity index (χ0v) is 19.6. The van der Waals surface area contributed by atoms with Gasteiger partial charge in [0.25, 0.3) is 11.6 Å². The molecule has 1 aliphatic carbocycles. The second-order valence-corrected chi connectivity index (χ2v) is 10.4. The number of nitro groups is 1. The number of sulfonamides is 1. The van der Waals surface area contributed by atoms with Gasteiger partial charge in [-0.3, -0.25) is 10.1 Å². The highest BCUT2D eigenvalue weighted by Gasteiger charge is 2.40. The van der Waals surface area contributed by atoms with Crippen LogP contribution in [-0.4, -0.2) is 33.3 Å². The molecule has 2 aromatic heterocycles. The topological polar surface area (TPSA) is 160 Å². The number of rotatable bonds is 6. The SMILES string of the molecule is CC(C)c1nn(-c2noc(C3CC(c4cccc(S(N)(=O)=O)c4[N+](=O)[O-])C3)n2)c2c(F)cccc12. The van der Waals surface area contributed by atoms with E-state index in [1.807, 2.05) is 13.8 Å². The van der Waals surface area contributed by atoms with Gasteiger partial charge in [0.2, 0.25) is 15.9 Å². The summed E-state index contributed by atoms with van der Waals surface area (Å²) in [6.07, 6.45) is 0.865. The molecule has 0 bridgehead atoms. The van der Waals surface area contributed by atoms with Crippen molar-refractivity contribution in [2.45, 2.75) is 49.3 Å². The highest BCUT2D eigenvalue weighted by Crippen LogP contribution is 2.50. The fourth-order valence-corrected chi connectivity index (χ4v) is 5.30. The monoisotopic (exact) mass is 500 g/mol. The van der Waals surface area contributed by atoms with Gasteiger partial charge in [-0.15, -0.1) is 0 Å². The van der Waals surface area contributed by atoms with Crippen molar-refractivity contribution in [3.05, 3.63) is 69.5 Å². The van der Waals surface area contributed by atoms with E-state index in [4.69, 9.17) is 9.66 Å². The van der Waals surface area contributed by atoms with E-state index in [0.717, 1.165) is 6.07 Å². The maximum atomic E-state index is 14.7. The summed E-state index contributed by atoms with van der Waals surface area (Å²) in [5.41, 5.74) is 0.741. The van der Waals surface area contributed by atoms with Crippen LogP contribution >= 0.6 is 0 Å². The zero-order chi connectivity index (χ0) is 25.1. The van der Waals surface area contributed by atoms with Crippen LogP contribution in [0.3, 0.4) is 0 Å². The Balaban J connectivity index is 1.44. The van der Waals surface area contributed by atoms with Crippen LogP contribution in [-0.2, 0) is 10.0 Å². The van der Waals surface area contributed by atoms with E-state index in [9.17, 15) is 22.9 Å². The van der Waals surface area contributed by atoms with Crippen LogP contribution in [0.5, 0.6) is 0 Å². The van der Waals surface area contributed by atoms with Crippen LogP contribution < -0.4 is 5.14 Å². The smallest absolute Gasteiger partial charge is 0.292 e. The van der Waals surface area contributed by atoms with E-state index in [2.05, 4.69) is 15.2 Å². The van der Waals surface area contributed by atoms with Crippen molar-refractivity contribution in [2.24, 2.45) is 5.14 Å². The van der Waals surface area contributed by atoms with Gasteiger partial charge in [0, 0.05) is 16.9 Å². The quantitative estimate of drug-likeness (QED) is 0.308. The maximum absolute atomic E-state index is 14.7. The van der Waals surface area contributed by atoms with Crippen molar-refractivity contribution < 1.29 is 22.3 Å². The molecule has 1 saturated carbocycles. The van der Waals surface area contributed by atoms with Gasteiger partial charge in [-0.2, -0.15) is 14.8 Å². The molecule has 0 aliphatic heterocycles. The van der Waals surface area contributed by atoms with Gasteiger partial charge >= 0.3 is 0 Å². The Hall–Kier alpha value is -3.71. The molecule has 0 spiro atoms. The van der Waals surface area contributed by atoms with Gasteiger partial charge in [0.05, 0.1) is 10.6 Å². The van der Waals surface area contributed by atoms with E-state index in [0.29, 0.717) is 35.4 Å². The first-order valence-electron chi connectivity index (χ1n) is 10.9. The number of halogens is 1. The van der Waals surface area contributed by atoms with Gasteiger partial charge in [-0.1, -0.05) is 38.1 Å². The second-order valence-electron chi connectivity index (χ2n) is 8.88. The molecule has 182 valence electrons. The number of benzene rings is 2. The average molecular weight is 501 g/mol. The summed E-state index contributed by atoms with van der Waals surface area (Å²) in [7, 11) is -4.26. The fraction of sp³-hybridized carbons (Fsp3) is 0.318. The highest BCUT2D eigenvalue weighted by atomic mass is 32.2. The molecular weight excluding hydrogens is 479 g/mol. The first-order valence-corrected chi connectivity index (χ1v) is 12.4. The molecular formula is C22H21FN6O5S. The molecule has 13 heteroatoms. The molecule has 1 fully saturated rings. The van der Waals surface area contributed by atoms with Crippen LogP contribution in [0.15, 0.2) is 45.8 Å². The van der Waals surface area contributed by atoms with Crippen LogP contribution in [0.1, 0.15) is 61.6 Å². The number of nitrogens with zero attached hydrogens (tertiary/aromatic N) is 5. The second kappa shape index (κ2) is 8.20. The lowest BCUT2D eigenvalue weighted by Gasteiger charge is -2.32. The van der Waals surface area contributed by atoms with Crippen LogP contribution in [0.4, 0.5) is 10.1 Å². The largest absolute Gasteiger partial charge is 0.337 e. The van der Waals surface area contributed by atoms with Gasteiger partial charge in [-0.05, 0) is 42.0 Å². The minimum atomic E-state index is -4.26. The van der Waals surface area contributed by atoms with Crippen molar-refractivity contribution in [2.75, 3.05) is 0 Å². The molecule has 0 atom stereocenters. The summed E-state index contributed by atoms with van der Waals surface area (Å²) in [6, 6.07) is 8.83. The van der Waals surface area contributed by atoms with Crippen LogP contribution in [0.2, 0.25) is 0 Å². The zero-order valence-electron chi connectivity index (χ0n) is 18.8. The maximum Gasteiger partial charge on any atom is 0.292 e. The summed E-state index contributed by atoms with van der Waals surface area (Å²) in [5, 5.41) is 26.0. The van der Waals surface area contributed by atoms with Gasteiger partial charge in [0.1, 0.15) is 11.3 Å².